The van der Waals surface area contributed by atoms with E-state index in [0.717, 1.165) is 18.5 Å². The van der Waals surface area contributed by atoms with E-state index >= 15 is 0 Å². The number of fused-ring (bicyclic) bond motifs is 1. The summed E-state index contributed by atoms with van der Waals surface area (Å²) in [4.78, 5) is 25.4. The maximum Gasteiger partial charge on any atom is 0.157 e. The Bertz CT molecular complexity index is 538. The second-order valence-corrected chi connectivity index (χ2v) is 5.41. The van der Waals surface area contributed by atoms with Gasteiger partial charge in [0.15, 0.2) is 5.78 Å². The van der Waals surface area contributed by atoms with E-state index in [9.17, 15) is 14.7 Å². The third kappa shape index (κ3) is 2.40. The summed E-state index contributed by atoms with van der Waals surface area (Å²) in [6, 6.07) is 5.32. The Morgan fingerprint density at radius 1 is 1.16 bits per heavy atom. The van der Waals surface area contributed by atoms with Crippen molar-refractivity contribution in [2.45, 2.75) is 38.3 Å². The summed E-state index contributed by atoms with van der Waals surface area (Å²) in [5.41, 5.74) is 2.34. The molecule has 1 atom stereocenters. The van der Waals surface area contributed by atoms with E-state index in [1.54, 1.807) is 12.1 Å². The standard InChI is InChI=1S/C15H17NO3/c17-12-2-1-10-5-6-16(9-11(10)7-12)14-4-3-13(18)8-15(14)19/h1-2,7,14,17H,3-6,8-9H2. The maximum absolute atomic E-state index is 12.0. The zero-order valence-electron chi connectivity index (χ0n) is 10.8. The topological polar surface area (TPSA) is 57.6 Å². The smallest absolute Gasteiger partial charge is 0.157 e. The molecule has 1 saturated carbocycles. The molecule has 1 aromatic carbocycles. The lowest BCUT2D eigenvalue weighted by molar-refractivity contribution is -0.134. The monoisotopic (exact) mass is 259 g/mol. The van der Waals surface area contributed by atoms with Crippen LogP contribution >= 0.6 is 0 Å². The Balaban J connectivity index is 1.78. The van der Waals surface area contributed by atoms with Gasteiger partial charge in [-0.2, -0.15) is 0 Å². The summed E-state index contributed by atoms with van der Waals surface area (Å²) in [5.74, 6) is 0.391. The van der Waals surface area contributed by atoms with Crippen molar-refractivity contribution < 1.29 is 14.7 Å². The normalized spacial score (nSPS) is 24.3. The zero-order chi connectivity index (χ0) is 13.4. The van der Waals surface area contributed by atoms with Crippen LogP contribution in [0.1, 0.15) is 30.4 Å². The van der Waals surface area contributed by atoms with Crippen LogP contribution in [0.5, 0.6) is 5.75 Å². The Morgan fingerprint density at radius 2 is 2.00 bits per heavy atom. The summed E-state index contributed by atoms with van der Waals surface area (Å²) in [6.07, 6.45) is 2.15. The summed E-state index contributed by atoms with van der Waals surface area (Å²) in [7, 11) is 0. The van der Waals surface area contributed by atoms with Crippen LogP contribution in [0.15, 0.2) is 18.2 Å². The van der Waals surface area contributed by atoms with E-state index in [1.807, 2.05) is 6.07 Å². The third-order valence-corrected chi connectivity index (χ3v) is 4.11. The van der Waals surface area contributed by atoms with E-state index in [0.29, 0.717) is 19.4 Å². The molecule has 2 aliphatic rings. The fourth-order valence-electron chi connectivity index (χ4n) is 3.08. The number of hydrogen-bond acceptors (Lipinski definition) is 4. The number of rotatable bonds is 1. The van der Waals surface area contributed by atoms with Gasteiger partial charge in [-0.25, -0.2) is 0 Å². The highest BCUT2D eigenvalue weighted by atomic mass is 16.3. The summed E-state index contributed by atoms with van der Waals surface area (Å²) < 4.78 is 0. The van der Waals surface area contributed by atoms with Crippen LogP contribution < -0.4 is 0 Å². The van der Waals surface area contributed by atoms with Crippen molar-refractivity contribution in [3.8, 4) is 5.75 Å². The van der Waals surface area contributed by atoms with Gasteiger partial charge in [-0.05, 0) is 36.1 Å². The number of carbonyl (C=O) groups is 2. The molecule has 1 unspecified atom stereocenters. The lowest BCUT2D eigenvalue weighted by atomic mass is 9.89. The van der Waals surface area contributed by atoms with Gasteiger partial charge in [-0.15, -0.1) is 0 Å². The number of aromatic hydroxyl groups is 1. The molecule has 0 saturated heterocycles. The molecule has 4 nitrogen and oxygen atoms in total. The molecule has 1 heterocycles. The highest BCUT2D eigenvalue weighted by Gasteiger charge is 2.33. The van der Waals surface area contributed by atoms with Gasteiger partial charge < -0.3 is 5.11 Å². The van der Waals surface area contributed by atoms with Gasteiger partial charge in [-0.3, -0.25) is 14.5 Å². The van der Waals surface area contributed by atoms with Crippen LogP contribution in [0.3, 0.4) is 0 Å². The van der Waals surface area contributed by atoms with Crippen LogP contribution in [0, 0.1) is 0 Å². The molecule has 4 heteroatoms. The average Bonchev–Trinajstić information content (AvgIpc) is 2.38. The molecular weight excluding hydrogens is 242 g/mol. The van der Waals surface area contributed by atoms with Gasteiger partial charge in [0.05, 0.1) is 12.5 Å². The van der Waals surface area contributed by atoms with Gasteiger partial charge in [0.1, 0.15) is 11.5 Å². The van der Waals surface area contributed by atoms with Crippen molar-refractivity contribution in [2.24, 2.45) is 0 Å². The third-order valence-electron chi connectivity index (χ3n) is 4.11. The van der Waals surface area contributed by atoms with Crippen LogP contribution in [0.25, 0.3) is 0 Å². The zero-order valence-corrected chi connectivity index (χ0v) is 10.8. The van der Waals surface area contributed by atoms with Crippen LogP contribution in [0.4, 0.5) is 0 Å². The van der Waals surface area contributed by atoms with Gasteiger partial charge in [-0.1, -0.05) is 6.07 Å². The van der Waals surface area contributed by atoms with Crippen LogP contribution in [-0.4, -0.2) is 34.2 Å². The molecule has 1 aliphatic heterocycles. The van der Waals surface area contributed by atoms with Crippen molar-refractivity contribution >= 4 is 11.6 Å². The highest BCUT2D eigenvalue weighted by Crippen LogP contribution is 2.27. The van der Waals surface area contributed by atoms with E-state index in [4.69, 9.17) is 0 Å². The fraction of sp³-hybridized carbons (Fsp3) is 0.467. The van der Waals surface area contributed by atoms with Crippen molar-refractivity contribution in [3.05, 3.63) is 29.3 Å². The molecule has 19 heavy (non-hydrogen) atoms. The molecule has 0 bridgehead atoms. The molecule has 1 aliphatic carbocycles. The molecule has 0 spiro atoms. The first kappa shape index (κ1) is 12.4. The van der Waals surface area contributed by atoms with Gasteiger partial charge in [0.2, 0.25) is 0 Å². The van der Waals surface area contributed by atoms with Crippen molar-refractivity contribution in [2.75, 3.05) is 6.54 Å². The van der Waals surface area contributed by atoms with E-state index in [-0.39, 0.29) is 29.8 Å². The van der Waals surface area contributed by atoms with Crippen molar-refractivity contribution in [1.29, 1.82) is 0 Å². The molecule has 3 rings (SSSR count). The largest absolute Gasteiger partial charge is 0.508 e. The average molecular weight is 259 g/mol. The number of hydrogen-bond donors (Lipinski definition) is 1. The minimum atomic E-state index is -0.117. The quantitative estimate of drug-likeness (QED) is 0.775. The number of phenols is 1. The number of nitrogens with zero attached hydrogens (tertiary/aromatic N) is 1. The summed E-state index contributed by atoms with van der Waals surface area (Å²) >= 11 is 0. The molecule has 0 aromatic heterocycles. The summed E-state index contributed by atoms with van der Waals surface area (Å²) in [5, 5.41) is 9.54. The second kappa shape index (κ2) is 4.78. The SMILES string of the molecule is O=C1CCC(N2CCc3ccc(O)cc3C2)C(=O)C1. The van der Waals surface area contributed by atoms with E-state index in [1.165, 1.54) is 5.56 Å². The van der Waals surface area contributed by atoms with Crippen LogP contribution in [0.2, 0.25) is 0 Å². The van der Waals surface area contributed by atoms with Gasteiger partial charge in [0, 0.05) is 19.5 Å². The predicted molar refractivity (Wildman–Crippen MR) is 69.9 cm³/mol. The first-order chi connectivity index (χ1) is 9.13. The lowest BCUT2D eigenvalue weighted by Crippen LogP contribution is -2.46. The molecule has 0 radical (unpaired) electrons. The van der Waals surface area contributed by atoms with Gasteiger partial charge >= 0.3 is 0 Å². The maximum atomic E-state index is 12.0. The number of benzene rings is 1. The number of ketones is 2. The highest BCUT2D eigenvalue weighted by molar-refractivity contribution is 6.03. The Morgan fingerprint density at radius 3 is 2.79 bits per heavy atom. The Kier molecular flexibility index (Phi) is 3.11. The molecular formula is C15H17NO3. The van der Waals surface area contributed by atoms with Gasteiger partial charge in [0.25, 0.3) is 0 Å². The number of Topliss-reactive ketones (excluding diaryl/α,β-unsaturated/α-hetero) is 2. The van der Waals surface area contributed by atoms with Crippen molar-refractivity contribution in [3.63, 3.8) is 0 Å². The molecule has 1 fully saturated rings. The predicted octanol–water partition coefficient (Wildman–Crippen LogP) is 1.44. The fourth-order valence-corrected chi connectivity index (χ4v) is 3.08. The minimum absolute atomic E-state index is 0.0554. The first-order valence-corrected chi connectivity index (χ1v) is 6.73. The molecule has 100 valence electrons. The number of carbonyl (C=O) groups excluding carboxylic acids is 2. The lowest BCUT2D eigenvalue weighted by Gasteiger charge is -2.36. The van der Waals surface area contributed by atoms with E-state index in [2.05, 4.69) is 4.90 Å². The van der Waals surface area contributed by atoms with Crippen molar-refractivity contribution in [1.82, 2.24) is 4.90 Å². The summed E-state index contributed by atoms with van der Waals surface area (Å²) in [6.45, 7) is 1.54. The van der Waals surface area contributed by atoms with E-state index < -0.39 is 0 Å². The minimum Gasteiger partial charge on any atom is -0.508 e. The first-order valence-electron chi connectivity index (χ1n) is 6.73. The Hall–Kier alpha value is -1.68. The molecule has 1 N–H and O–H groups in total. The molecule has 0 amide bonds. The van der Waals surface area contributed by atoms with Crippen LogP contribution in [-0.2, 0) is 22.6 Å². The number of phenolic OH excluding ortho intramolecular Hbond substituents is 1. The molecule has 1 aromatic rings. The Labute approximate surface area is 112 Å². The second-order valence-electron chi connectivity index (χ2n) is 5.41.